The van der Waals surface area contributed by atoms with Gasteiger partial charge >= 0.3 is 0 Å². The molecule has 1 rings (SSSR count). The van der Waals surface area contributed by atoms with E-state index in [2.05, 4.69) is 4.98 Å². The van der Waals surface area contributed by atoms with Gasteiger partial charge < -0.3 is 9.84 Å². The zero-order chi connectivity index (χ0) is 10.7. The van der Waals surface area contributed by atoms with E-state index in [1.807, 2.05) is 0 Å². The summed E-state index contributed by atoms with van der Waals surface area (Å²) in [6.45, 7) is -0.425. The van der Waals surface area contributed by atoms with Crippen molar-refractivity contribution in [2.45, 2.75) is 13.0 Å². The molecular formula is C8H8ClF2NO2. The summed E-state index contributed by atoms with van der Waals surface area (Å²) in [6.07, 6.45) is -2.72. The lowest BCUT2D eigenvalue weighted by atomic mass is 10.2. The van der Waals surface area contributed by atoms with Gasteiger partial charge in [0, 0.05) is 5.56 Å². The molecule has 0 atom stereocenters. The Morgan fingerprint density at radius 1 is 1.64 bits per heavy atom. The number of aliphatic hydroxyl groups is 1. The summed E-state index contributed by atoms with van der Waals surface area (Å²) in [4.78, 5) is 3.43. The molecule has 0 amide bonds. The summed E-state index contributed by atoms with van der Waals surface area (Å²) < 4.78 is 29.3. The molecule has 0 saturated carbocycles. The minimum Gasteiger partial charge on any atom is -0.493 e. The first kappa shape index (κ1) is 11.1. The second-order valence-corrected chi connectivity index (χ2v) is 2.85. The molecule has 0 aliphatic heterocycles. The van der Waals surface area contributed by atoms with Crippen LogP contribution in [-0.4, -0.2) is 17.2 Å². The molecule has 3 nitrogen and oxygen atoms in total. The molecule has 0 aliphatic rings. The van der Waals surface area contributed by atoms with Crippen molar-refractivity contribution in [3.05, 3.63) is 22.5 Å². The molecule has 0 saturated heterocycles. The fraction of sp³-hybridized carbons (Fsp3) is 0.375. The third-order valence-electron chi connectivity index (χ3n) is 1.63. The van der Waals surface area contributed by atoms with Crippen molar-refractivity contribution in [3.8, 4) is 5.75 Å². The van der Waals surface area contributed by atoms with Crippen LogP contribution in [-0.2, 0) is 6.61 Å². The minimum atomic E-state index is -2.72. The average molecular weight is 224 g/mol. The first-order valence-corrected chi connectivity index (χ1v) is 4.10. The van der Waals surface area contributed by atoms with E-state index >= 15 is 0 Å². The van der Waals surface area contributed by atoms with Crippen LogP contribution in [0.4, 0.5) is 8.78 Å². The molecular weight excluding hydrogens is 216 g/mol. The van der Waals surface area contributed by atoms with Gasteiger partial charge in [-0.2, -0.15) is 0 Å². The van der Waals surface area contributed by atoms with Gasteiger partial charge in [0.1, 0.15) is 5.69 Å². The highest BCUT2D eigenvalue weighted by Crippen LogP contribution is 2.30. The lowest BCUT2D eigenvalue weighted by molar-refractivity contribution is 0.145. The van der Waals surface area contributed by atoms with Crippen LogP contribution in [0.15, 0.2) is 6.07 Å². The van der Waals surface area contributed by atoms with E-state index in [-0.39, 0.29) is 16.5 Å². The third-order valence-corrected chi connectivity index (χ3v) is 1.88. The standard InChI is InChI=1S/C8H8ClF2NO2/c1-14-6-4(3-13)2-5(8(10)11)12-7(6)9/h2,8,13H,3H2,1H3. The van der Waals surface area contributed by atoms with Gasteiger partial charge in [0.05, 0.1) is 13.7 Å². The van der Waals surface area contributed by atoms with Gasteiger partial charge in [0.15, 0.2) is 10.9 Å². The number of ether oxygens (including phenoxy) is 1. The maximum absolute atomic E-state index is 12.3. The van der Waals surface area contributed by atoms with Crippen molar-refractivity contribution in [2.24, 2.45) is 0 Å². The number of pyridine rings is 1. The summed E-state index contributed by atoms with van der Waals surface area (Å²) in [7, 11) is 1.32. The van der Waals surface area contributed by atoms with Crippen molar-refractivity contribution in [1.29, 1.82) is 0 Å². The summed E-state index contributed by atoms with van der Waals surface area (Å²) >= 11 is 5.58. The number of hydrogen-bond donors (Lipinski definition) is 1. The second kappa shape index (κ2) is 4.52. The van der Waals surface area contributed by atoms with Crippen LogP contribution in [0.3, 0.4) is 0 Å². The van der Waals surface area contributed by atoms with Crippen LogP contribution < -0.4 is 4.74 Å². The predicted octanol–water partition coefficient (Wildman–Crippen LogP) is 2.17. The van der Waals surface area contributed by atoms with Crippen molar-refractivity contribution in [2.75, 3.05) is 7.11 Å². The van der Waals surface area contributed by atoms with Crippen LogP contribution in [0.1, 0.15) is 17.7 Å². The van der Waals surface area contributed by atoms with Gasteiger partial charge in [0.2, 0.25) is 0 Å². The van der Waals surface area contributed by atoms with E-state index < -0.39 is 18.7 Å². The number of rotatable bonds is 3. The van der Waals surface area contributed by atoms with E-state index in [0.29, 0.717) is 0 Å². The molecule has 0 fully saturated rings. The summed E-state index contributed by atoms with van der Waals surface area (Å²) in [6, 6.07) is 1.06. The molecule has 1 N–H and O–H groups in total. The van der Waals surface area contributed by atoms with Crippen LogP contribution in [0.2, 0.25) is 5.15 Å². The maximum atomic E-state index is 12.3. The number of nitrogens with zero attached hydrogens (tertiary/aromatic N) is 1. The van der Waals surface area contributed by atoms with Gasteiger partial charge in [-0.25, -0.2) is 13.8 Å². The highest BCUT2D eigenvalue weighted by Gasteiger charge is 2.16. The first-order chi connectivity index (χ1) is 6.60. The lowest BCUT2D eigenvalue weighted by Crippen LogP contribution is -1.99. The molecule has 6 heteroatoms. The monoisotopic (exact) mass is 223 g/mol. The normalized spacial score (nSPS) is 10.7. The second-order valence-electron chi connectivity index (χ2n) is 2.49. The first-order valence-electron chi connectivity index (χ1n) is 3.72. The smallest absolute Gasteiger partial charge is 0.280 e. The molecule has 0 unspecified atom stereocenters. The quantitative estimate of drug-likeness (QED) is 0.799. The van der Waals surface area contributed by atoms with Gasteiger partial charge in [-0.05, 0) is 6.07 Å². The Balaban J connectivity index is 3.24. The molecule has 0 spiro atoms. The topological polar surface area (TPSA) is 42.4 Å². The van der Waals surface area contributed by atoms with E-state index in [1.165, 1.54) is 7.11 Å². The van der Waals surface area contributed by atoms with E-state index in [1.54, 1.807) is 0 Å². The number of methoxy groups -OCH3 is 1. The van der Waals surface area contributed by atoms with Crippen LogP contribution in [0.5, 0.6) is 5.75 Å². The van der Waals surface area contributed by atoms with Crippen LogP contribution in [0.25, 0.3) is 0 Å². The number of alkyl halides is 2. The van der Waals surface area contributed by atoms with Crippen molar-refractivity contribution in [1.82, 2.24) is 4.98 Å². The molecule has 0 aliphatic carbocycles. The van der Waals surface area contributed by atoms with Gasteiger partial charge in [-0.15, -0.1) is 0 Å². The highest BCUT2D eigenvalue weighted by molar-refractivity contribution is 6.31. The number of hydrogen-bond acceptors (Lipinski definition) is 3. The lowest BCUT2D eigenvalue weighted by Gasteiger charge is -2.09. The zero-order valence-electron chi connectivity index (χ0n) is 7.30. The minimum absolute atomic E-state index is 0.124. The Labute approximate surface area is 84.3 Å². The molecule has 0 bridgehead atoms. The Morgan fingerprint density at radius 3 is 2.71 bits per heavy atom. The third kappa shape index (κ3) is 2.10. The molecule has 1 heterocycles. The molecule has 78 valence electrons. The Kier molecular flexibility index (Phi) is 3.60. The van der Waals surface area contributed by atoms with Crippen LogP contribution in [0, 0.1) is 0 Å². The van der Waals surface area contributed by atoms with Gasteiger partial charge in [-0.1, -0.05) is 11.6 Å². The summed E-state index contributed by atoms with van der Waals surface area (Å²) in [5.74, 6) is 0.124. The van der Waals surface area contributed by atoms with Crippen LogP contribution >= 0.6 is 11.6 Å². The van der Waals surface area contributed by atoms with Crippen molar-refractivity contribution >= 4 is 11.6 Å². The number of aromatic nitrogens is 1. The summed E-state index contributed by atoms with van der Waals surface area (Å²) in [5.41, 5.74) is -0.275. The number of aliphatic hydroxyl groups excluding tert-OH is 1. The average Bonchev–Trinajstić information content (AvgIpc) is 2.16. The Bertz CT molecular complexity index is 333. The Hall–Kier alpha value is -0.940. The van der Waals surface area contributed by atoms with E-state index in [0.717, 1.165) is 6.07 Å². The van der Waals surface area contributed by atoms with Crippen molar-refractivity contribution < 1.29 is 18.6 Å². The highest BCUT2D eigenvalue weighted by atomic mass is 35.5. The number of halogens is 3. The fourth-order valence-electron chi connectivity index (χ4n) is 1.02. The molecule has 14 heavy (non-hydrogen) atoms. The summed E-state index contributed by atoms with van der Waals surface area (Å²) in [5, 5.41) is 8.70. The van der Waals surface area contributed by atoms with Crippen molar-refractivity contribution in [3.63, 3.8) is 0 Å². The predicted molar refractivity (Wildman–Crippen MR) is 46.7 cm³/mol. The molecule has 0 radical (unpaired) electrons. The molecule has 1 aromatic heterocycles. The Morgan fingerprint density at radius 2 is 2.29 bits per heavy atom. The maximum Gasteiger partial charge on any atom is 0.280 e. The van der Waals surface area contributed by atoms with E-state index in [9.17, 15) is 8.78 Å². The zero-order valence-corrected chi connectivity index (χ0v) is 8.05. The molecule has 0 aromatic carbocycles. The van der Waals surface area contributed by atoms with Gasteiger partial charge in [-0.3, -0.25) is 0 Å². The van der Waals surface area contributed by atoms with Gasteiger partial charge in [0.25, 0.3) is 6.43 Å². The molecule has 1 aromatic rings. The largest absolute Gasteiger partial charge is 0.493 e. The SMILES string of the molecule is COc1c(CO)cc(C(F)F)nc1Cl. The fourth-order valence-corrected chi connectivity index (χ4v) is 1.31. The van der Waals surface area contributed by atoms with E-state index in [4.69, 9.17) is 21.4 Å².